The molecule has 0 spiro atoms. The first-order valence-corrected chi connectivity index (χ1v) is 7.11. The average Bonchev–Trinajstić information content (AvgIpc) is 3.02. The molecular weight excluding hydrogens is 360 g/mol. The molecule has 0 radical (unpaired) electrons. The largest absolute Gasteiger partial charge is 0.454 e. The lowest BCUT2D eigenvalue weighted by Gasteiger charge is -2.18. The highest BCUT2D eigenvalue weighted by atomic mass is 19.4. The Bertz CT molecular complexity index is 870. The molecule has 0 aromatic heterocycles. The fourth-order valence-corrected chi connectivity index (χ4v) is 2.27. The number of urea groups is 1. The molecule has 6 nitrogen and oxygen atoms in total. The zero-order valence-electron chi connectivity index (χ0n) is 12.8. The summed E-state index contributed by atoms with van der Waals surface area (Å²) in [6.07, 6.45) is -4.83. The predicted molar refractivity (Wildman–Crippen MR) is 81.5 cm³/mol. The summed E-state index contributed by atoms with van der Waals surface area (Å²) in [5, 5.41) is 2.36. The maximum absolute atomic E-state index is 13.7. The number of carbonyl (C=O) groups excluding carboxylic acids is 2. The zero-order chi connectivity index (χ0) is 18.9. The molecule has 0 atom stereocenters. The first-order valence-electron chi connectivity index (χ1n) is 7.11. The van der Waals surface area contributed by atoms with Gasteiger partial charge in [-0.1, -0.05) is 0 Å². The van der Waals surface area contributed by atoms with Gasteiger partial charge in [0.25, 0.3) is 0 Å². The van der Waals surface area contributed by atoms with Gasteiger partial charge in [-0.15, -0.1) is 0 Å². The van der Waals surface area contributed by atoms with Crippen LogP contribution in [0.3, 0.4) is 0 Å². The van der Waals surface area contributed by atoms with Crippen LogP contribution in [0.15, 0.2) is 36.4 Å². The van der Waals surface area contributed by atoms with Gasteiger partial charge < -0.3 is 14.8 Å². The third-order valence-electron chi connectivity index (χ3n) is 3.48. The third-order valence-corrected chi connectivity index (χ3v) is 3.48. The molecule has 3 amide bonds. The molecule has 1 heterocycles. The highest BCUT2D eigenvalue weighted by molar-refractivity contribution is 6.12. The molecule has 0 aliphatic carbocycles. The fraction of sp³-hybridized carbons (Fsp3) is 0.125. The number of halogens is 4. The van der Waals surface area contributed by atoms with Crippen LogP contribution in [0.2, 0.25) is 0 Å². The highest BCUT2D eigenvalue weighted by Crippen LogP contribution is 2.35. The molecular formula is C16H10F4N2O4. The summed E-state index contributed by atoms with van der Waals surface area (Å²) >= 11 is 0. The molecule has 0 fully saturated rings. The van der Waals surface area contributed by atoms with E-state index in [4.69, 9.17) is 9.47 Å². The van der Waals surface area contributed by atoms with Crippen LogP contribution in [0.25, 0.3) is 0 Å². The van der Waals surface area contributed by atoms with E-state index < -0.39 is 23.6 Å². The van der Waals surface area contributed by atoms with E-state index in [1.165, 1.54) is 18.2 Å². The lowest BCUT2D eigenvalue weighted by Crippen LogP contribution is -2.33. The molecule has 0 saturated heterocycles. The SMILES string of the molecule is O=CN(C(=O)Nc1ccc2c(c1)OCO2)c1ccc(C(F)(F)F)c(F)c1. The van der Waals surface area contributed by atoms with Crippen molar-refractivity contribution in [3.63, 3.8) is 0 Å². The quantitative estimate of drug-likeness (QED) is 0.660. The Hall–Kier alpha value is -3.30. The summed E-state index contributed by atoms with van der Waals surface area (Å²) < 4.78 is 61.7. The van der Waals surface area contributed by atoms with Gasteiger partial charge in [-0.2, -0.15) is 13.2 Å². The molecule has 26 heavy (non-hydrogen) atoms. The van der Waals surface area contributed by atoms with Crippen molar-refractivity contribution >= 4 is 23.8 Å². The van der Waals surface area contributed by atoms with Gasteiger partial charge in [0.05, 0.1) is 11.3 Å². The van der Waals surface area contributed by atoms with Crippen molar-refractivity contribution in [2.24, 2.45) is 0 Å². The van der Waals surface area contributed by atoms with Crippen LogP contribution < -0.4 is 19.7 Å². The second-order valence-electron chi connectivity index (χ2n) is 5.14. The third kappa shape index (κ3) is 3.39. The average molecular weight is 370 g/mol. The van der Waals surface area contributed by atoms with Crippen LogP contribution in [0.5, 0.6) is 11.5 Å². The van der Waals surface area contributed by atoms with E-state index in [1.54, 1.807) is 0 Å². The van der Waals surface area contributed by atoms with Crippen LogP contribution >= 0.6 is 0 Å². The molecule has 136 valence electrons. The smallest absolute Gasteiger partial charge is 0.419 e. The van der Waals surface area contributed by atoms with E-state index in [0.717, 1.165) is 6.07 Å². The van der Waals surface area contributed by atoms with Gasteiger partial charge in [0.15, 0.2) is 11.5 Å². The van der Waals surface area contributed by atoms with Crippen molar-refractivity contribution in [2.75, 3.05) is 17.0 Å². The summed E-state index contributed by atoms with van der Waals surface area (Å²) in [7, 11) is 0. The lowest BCUT2D eigenvalue weighted by molar-refractivity contribution is -0.139. The van der Waals surface area contributed by atoms with E-state index in [9.17, 15) is 27.2 Å². The summed E-state index contributed by atoms with van der Waals surface area (Å²) in [5.41, 5.74) is -1.61. The van der Waals surface area contributed by atoms with E-state index >= 15 is 0 Å². The van der Waals surface area contributed by atoms with Crippen LogP contribution in [-0.2, 0) is 11.0 Å². The second-order valence-corrected chi connectivity index (χ2v) is 5.14. The van der Waals surface area contributed by atoms with Gasteiger partial charge in [0.1, 0.15) is 5.82 Å². The number of ether oxygens (including phenoxy) is 2. The summed E-state index contributed by atoms with van der Waals surface area (Å²) in [6.45, 7) is 0.0258. The molecule has 0 unspecified atom stereocenters. The van der Waals surface area contributed by atoms with Gasteiger partial charge >= 0.3 is 12.2 Å². The van der Waals surface area contributed by atoms with Gasteiger partial charge in [-0.05, 0) is 30.3 Å². The van der Waals surface area contributed by atoms with Crippen molar-refractivity contribution in [1.29, 1.82) is 0 Å². The Balaban J connectivity index is 1.81. The van der Waals surface area contributed by atoms with Gasteiger partial charge in [-0.25, -0.2) is 14.1 Å². The minimum atomic E-state index is -4.89. The van der Waals surface area contributed by atoms with E-state index in [0.29, 0.717) is 28.5 Å². The van der Waals surface area contributed by atoms with Crippen molar-refractivity contribution in [3.05, 3.63) is 47.8 Å². The number of carbonyl (C=O) groups is 2. The maximum Gasteiger partial charge on any atom is 0.419 e. The van der Waals surface area contributed by atoms with Gasteiger partial charge in [0, 0.05) is 11.8 Å². The summed E-state index contributed by atoms with van der Waals surface area (Å²) in [6, 6.07) is 5.18. The monoisotopic (exact) mass is 370 g/mol. The van der Waals surface area contributed by atoms with Crippen molar-refractivity contribution in [3.8, 4) is 11.5 Å². The molecule has 1 N–H and O–H groups in total. The zero-order valence-corrected chi connectivity index (χ0v) is 12.8. The molecule has 2 aromatic rings. The Labute approximate surface area is 143 Å². The number of fused-ring (bicyclic) bond motifs is 1. The predicted octanol–water partition coefficient (Wildman–Crippen LogP) is 3.77. The number of anilines is 2. The molecule has 10 heteroatoms. The maximum atomic E-state index is 13.7. The number of alkyl halides is 3. The first-order chi connectivity index (χ1) is 12.3. The molecule has 1 aliphatic heterocycles. The number of imide groups is 1. The van der Waals surface area contributed by atoms with E-state index in [1.807, 2.05) is 0 Å². The lowest BCUT2D eigenvalue weighted by atomic mass is 10.2. The van der Waals surface area contributed by atoms with Crippen LogP contribution in [0, 0.1) is 5.82 Å². The molecule has 3 rings (SSSR count). The number of rotatable bonds is 3. The normalized spacial score (nSPS) is 12.6. The van der Waals surface area contributed by atoms with Crippen LogP contribution in [0.4, 0.5) is 33.7 Å². The standard InChI is InChI=1S/C16H10F4N2O4/c17-12-6-10(2-3-11(12)16(18,19)20)22(7-23)15(24)21-9-1-4-13-14(5-9)26-8-25-13/h1-7H,8H2,(H,21,24). The Morgan fingerprint density at radius 2 is 1.85 bits per heavy atom. The summed E-state index contributed by atoms with van der Waals surface area (Å²) in [5.74, 6) is -0.751. The molecule has 0 bridgehead atoms. The minimum absolute atomic E-state index is 0.0258. The number of amides is 3. The molecule has 2 aromatic carbocycles. The number of benzene rings is 2. The topological polar surface area (TPSA) is 67.9 Å². The second kappa shape index (κ2) is 6.54. The summed E-state index contributed by atoms with van der Waals surface area (Å²) in [4.78, 5) is 23.8. The number of nitrogens with zero attached hydrogens (tertiary/aromatic N) is 1. The van der Waals surface area contributed by atoms with Crippen LogP contribution in [-0.4, -0.2) is 19.2 Å². The van der Waals surface area contributed by atoms with E-state index in [-0.39, 0.29) is 24.6 Å². The van der Waals surface area contributed by atoms with Gasteiger partial charge in [0.2, 0.25) is 13.2 Å². The van der Waals surface area contributed by atoms with Crippen molar-refractivity contribution in [1.82, 2.24) is 0 Å². The van der Waals surface area contributed by atoms with Crippen molar-refractivity contribution in [2.45, 2.75) is 6.18 Å². The van der Waals surface area contributed by atoms with Crippen molar-refractivity contribution < 1.29 is 36.6 Å². The molecule has 0 saturated carbocycles. The Kier molecular flexibility index (Phi) is 4.41. The number of hydrogen-bond donors (Lipinski definition) is 1. The molecule has 1 aliphatic rings. The van der Waals surface area contributed by atoms with Gasteiger partial charge in [-0.3, -0.25) is 4.79 Å². The van der Waals surface area contributed by atoms with Crippen LogP contribution in [0.1, 0.15) is 5.56 Å². The first kappa shape index (κ1) is 17.5. The number of nitrogens with one attached hydrogen (secondary N) is 1. The highest BCUT2D eigenvalue weighted by Gasteiger charge is 2.34. The number of hydrogen-bond acceptors (Lipinski definition) is 4. The fourth-order valence-electron chi connectivity index (χ4n) is 2.27. The Morgan fingerprint density at radius 3 is 2.50 bits per heavy atom. The minimum Gasteiger partial charge on any atom is -0.454 e. The van der Waals surface area contributed by atoms with E-state index in [2.05, 4.69) is 5.32 Å². The Morgan fingerprint density at radius 1 is 1.12 bits per heavy atom.